The molecule has 4 heteroatoms. The zero-order chi connectivity index (χ0) is 11.4. The minimum absolute atomic E-state index is 0.106. The third kappa shape index (κ3) is 3.47. The van der Waals surface area contributed by atoms with Gasteiger partial charge in [0, 0.05) is 6.04 Å². The Bertz CT molecular complexity index is 214. The number of nitrogens with one attached hydrogen (secondary N) is 1. The van der Waals surface area contributed by atoms with Crippen LogP contribution in [0, 0.1) is 11.8 Å². The van der Waals surface area contributed by atoms with Crippen LogP contribution in [0.5, 0.6) is 0 Å². The molecule has 2 atom stereocenters. The van der Waals surface area contributed by atoms with Crippen molar-refractivity contribution in [1.29, 1.82) is 0 Å². The van der Waals surface area contributed by atoms with Crippen LogP contribution in [-0.4, -0.2) is 36.9 Å². The van der Waals surface area contributed by atoms with Crippen molar-refractivity contribution in [3.63, 3.8) is 0 Å². The lowest BCUT2D eigenvalue weighted by Crippen LogP contribution is -2.43. The van der Waals surface area contributed by atoms with E-state index in [1.54, 1.807) is 0 Å². The summed E-state index contributed by atoms with van der Waals surface area (Å²) in [7, 11) is 1.41. The number of esters is 1. The average molecular weight is 215 g/mol. The summed E-state index contributed by atoms with van der Waals surface area (Å²) in [6.07, 6.45) is 1.66. The minimum Gasteiger partial charge on any atom is -0.469 e. The maximum atomic E-state index is 11.2. The monoisotopic (exact) mass is 215 g/mol. The van der Waals surface area contributed by atoms with Crippen LogP contribution in [0.3, 0.4) is 0 Å². The molecule has 1 aliphatic rings. The van der Waals surface area contributed by atoms with Gasteiger partial charge in [0.2, 0.25) is 0 Å². The van der Waals surface area contributed by atoms with Crippen molar-refractivity contribution in [2.45, 2.75) is 38.8 Å². The second kappa shape index (κ2) is 5.47. The molecule has 1 aliphatic carbocycles. The van der Waals surface area contributed by atoms with Gasteiger partial charge in [0.25, 0.3) is 0 Å². The van der Waals surface area contributed by atoms with Crippen LogP contribution in [0.2, 0.25) is 0 Å². The topological polar surface area (TPSA) is 58.6 Å². The summed E-state index contributed by atoms with van der Waals surface area (Å²) in [6.45, 7) is 4.72. The zero-order valence-electron chi connectivity index (χ0n) is 9.69. The minimum atomic E-state index is -0.177. The molecule has 0 heterocycles. The molecule has 1 fully saturated rings. The van der Waals surface area contributed by atoms with Crippen LogP contribution < -0.4 is 5.32 Å². The van der Waals surface area contributed by atoms with Crippen molar-refractivity contribution in [3.8, 4) is 0 Å². The molecule has 2 N–H and O–H groups in total. The van der Waals surface area contributed by atoms with Gasteiger partial charge in [-0.25, -0.2) is 0 Å². The normalized spacial score (nSPS) is 29.1. The average Bonchev–Trinajstić information content (AvgIpc) is 2.19. The molecule has 0 spiro atoms. The van der Waals surface area contributed by atoms with Gasteiger partial charge in [0.1, 0.15) is 0 Å². The number of ether oxygens (including phenoxy) is 1. The number of rotatable bonds is 5. The molecule has 0 aromatic rings. The summed E-state index contributed by atoms with van der Waals surface area (Å²) in [4.78, 5) is 11.2. The van der Waals surface area contributed by atoms with Gasteiger partial charge in [-0.1, -0.05) is 6.92 Å². The molecule has 0 amide bonds. The van der Waals surface area contributed by atoms with E-state index in [4.69, 9.17) is 5.11 Å². The molecule has 0 aromatic carbocycles. The highest BCUT2D eigenvalue weighted by Gasteiger charge is 2.28. The molecular weight excluding hydrogens is 194 g/mol. The summed E-state index contributed by atoms with van der Waals surface area (Å²) >= 11 is 0. The number of hydrogen-bond acceptors (Lipinski definition) is 4. The van der Waals surface area contributed by atoms with Crippen LogP contribution in [0.1, 0.15) is 26.7 Å². The van der Waals surface area contributed by atoms with E-state index in [1.807, 2.05) is 13.8 Å². The maximum absolute atomic E-state index is 11.2. The third-order valence-electron chi connectivity index (χ3n) is 3.26. The van der Waals surface area contributed by atoms with Gasteiger partial charge in [-0.2, -0.15) is 0 Å². The van der Waals surface area contributed by atoms with Gasteiger partial charge in [0.15, 0.2) is 0 Å². The van der Waals surface area contributed by atoms with Gasteiger partial charge in [0.05, 0.1) is 19.1 Å². The number of hydrogen-bond donors (Lipinski definition) is 2. The number of methoxy groups -OCH3 is 1. The first-order valence-electron chi connectivity index (χ1n) is 5.53. The van der Waals surface area contributed by atoms with Crippen molar-refractivity contribution < 1.29 is 14.6 Å². The first-order valence-corrected chi connectivity index (χ1v) is 5.53. The van der Waals surface area contributed by atoms with Gasteiger partial charge < -0.3 is 15.2 Å². The summed E-state index contributed by atoms with van der Waals surface area (Å²) < 4.78 is 4.68. The Labute approximate surface area is 91.0 Å². The summed E-state index contributed by atoms with van der Waals surface area (Å²) in [5.74, 6) is 0.260. The van der Waals surface area contributed by atoms with Crippen LogP contribution >= 0.6 is 0 Å². The Morgan fingerprint density at radius 1 is 1.53 bits per heavy atom. The fourth-order valence-corrected chi connectivity index (χ4v) is 1.79. The second-order valence-electron chi connectivity index (χ2n) is 4.50. The van der Waals surface area contributed by atoms with Crippen molar-refractivity contribution in [2.24, 2.45) is 11.8 Å². The van der Waals surface area contributed by atoms with Crippen molar-refractivity contribution in [2.75, 3.05) is 13.7 Å². The molecule has 0 radical (unpaired) electrons. The van der Waals surface area contributed by atoms with E-state index in [0.29, 0.717) is 5.92 Å². The molecule has 4 nitrogen and oxygen atoms in total. The van der Waals surface area contributed by atoms with Crippen molar-refractivity contribution >= 4 is 5.97 Å². The predicted molar refractivity (Wildman–Crippen MR) is 57.4 cm³/mol. The highest BCUT2D eigenvalue weighted by molar-refractivity contribution is 5.72. The molecule has 1 rings (SSSR count). The summed E-state index contributed by atoms with van der Waals surface area (Å²) in [5, 5.41) is 12.4. The lowest BCUT2D eigenvalue weighted by Gasteiger charge is -2.33. The molecule has 0 aromatic heterocycles. The van der Waals surface area contributed by atoms with E-state index >= 15 is 0 Å². The van der Waals surface area contributed by atoms with Gasteiger partial charge in [-0.3, -0.25) is 4.79 Å². The summed E-state index contributed by atoms with van der Waals surface area (Å²) in [6, 6.07) is 0.121. The summed E-state index contributed by atoms with van der Waals surface area (Å²) in [5.41, 5.74) is 0. The molecule has 2 unspecified atom stereocenters. The van der Waals surface area contributed by atoms with E-state index in [9.17, 15) is 4.79 Å². The Kier molecular flexibility index (Phi) is 4.54. The van der Waals surface area contributed by atoms with E-state index in [2.05, 4.69) is 10.1 Å². The Balaban J connectivity index is 2.17. The van der Waals surface area contributed by atoms with E-state index in [-0.39, 0.29) is 24.0 Å². The number of aliphatic hydroxyl groups excluding tert-OH is 1. The SMILES string of the molecule is COC(=O)C(C)C(C)NCC1CC(O)C1. The second-order valence-corrected chi connectivity index (χ2v) is 4.50. The molecular formula is C11H21NO3. The molecule has 88 valence electrons. The fourth-order valence-electron chi connectivity index (χ4n) is 1.79. The van der Waals surface area contributed by atoms with Gasteiger partial charge in [-0.05, 0) is 32.2 Å². The van der Waals surface area contributed by atoms with E-state index in [0.717, 1.165) is 19.4 Å². The predicted octanol–water partition coefficient (Wildman–Crippen LogP) is 0.544. The molecule has 1 saturated carbocycles. The zero-order valence-corrected chi connectivity index (χ0v) is 9.69. The quantitative estimate of drug-likeness (QED) is 0.657. The van der Waals surface area contributed by atoms with Crippen LogP contribution in [0.4, 0.5) is 0 Å². The third-order valence-corrected chi connectivity index (χ3v) is 3.26. The maximum Gasteiger partial charge on any atom is 0.309 e. The first kappa shape index (κ1) is 12.5. The smallest absolute Gasteiger partial charge is 0.309 e. The van der Waals surface area contributed by atoms with Gasteiger partial charge in [-0.15, -0.1) is 0 Å². The van der Waals surface area contributed by atoms with Crippen LogP contribution in [0.25, 0.3) is 0 Å². The number of carbonyl (C=O) groups is 1. The Hall–Kier alpha value is -0.610. The Morgan fingerprint density at radius 3 is 2.60 bits per heavy atom. The standard InChI is InChI=1S/C11H21NO3/c1-7(11(14)15-3)8(2)12-6-9-4-10(13)5-9/h7-10,12-13H,4-6H2,1-3H3. The lowest BCUT2D eigenvalue weighted by molar-refractivity contribution is -0.145. The van der Waals surface area contributed by atoms with Crippen LogP contribution in [-0.2, 0) is 9.53 Å². The van der Waals surface area contributed by atoms with E-state index < -0.39 is 0 Å². The van der Waals surface area contributed by atoms with Crippen LogP contribution in [0.15, 0.2) is 0 Å². The molecule has 0 bridgehead atoms. The number of carbonyl (C=O) groups excluding carboxylic acids is 1. The van der Waals surface area contributed by atoms with Crippen molar-refractivity contribution in [3.05, 3.63) is 0 Å². The lowest BCUT2D eigenvalue weighted by atomic mass is 9.82. The highest BCUT2D eigenvalue weighted by Crippen LogP contribution is 2.26. The fraction of sp³-hybridized carbons (Fsp3) is 0.909. The Morgan fingerprint density at radius 2 is 2.13 bits per heavy atom. The largest absolute Gasteiger partial charge is 0.469 e. The highest BCUT2D eigenvalue weighted by atomic mass is 16.5. The first-order chi connectivity index (χ1) is 7.04. The molecule has 0 aliphatic heterocycles. The molecule has 0 saturated heterocycles. The molecule has 15 heavy (non-hydrogen) atoms. The van der Waals surface area contributed by atoms with Gasteiger partial charge >= 0.3 is 5.97 Å². The number of aliphatic hydroxyl groups is 1. The van der Waals surface area contributed by atoms with Crippen molar-refractivity contribution in [1.82, 2.24) is 5.32 Å². The van der Waals surface area contributed by atoms with E-state index in [1.165, 1.54) is 7.11 Å².